The Morgan fingerprint density at radius 2 is 2.25 bits per heavy atom. The molecule has 0 spiro atoms. The molecule has 2 N–H and O–H groups in total. The maximum Gasteiger partial charge on any atom is 0.113 e. The summed E-state index contributed by atoms with van der Waals surface area (Å²) in [5.41, 5.74) is 5.35. The van der Waals surface area contributed by atoms with Crippen LogP contribution in [-0.2, 0) is 0 Å². The van der Waals surface area contributed by atoms with Gasteiger partial charge in [-0.05, 0) is 18.6 Å². The van der Waals surface area contributed by atoms with Crippen LogP contribution in [0.2, 0.25) is 0 Å². The Morgan fingerprint density at radius 1 is 1.50 bits per heavy atom. The van der Waals surface area contributed by atoms with Gasteiger partial charge in [-0.1, -0.05) is 12.1 Å². The average molecular weight is 230 g/mol. The number of hydrogen-bond donors (Lipinski definition) is 2. The van der Waals surface area contributed by atoms with Crippen LogP contribution in [0.25, 0.3) is 0 Å². The van der Waals surface area contributed by atoms with Crippen molar-refractivity contribution in [3.8, 4) is 0 Å². The van der Waals surface area contributed by atoms with Gasteiger partial charge in [-0.2, -0.15) is 5.17 Å². The minimum Gasteiger partial charge on any atom is -0.271 e. The summed E-state index contributed by atoms with van der Waals surface area (Å²) >= 11 is 3.23. The van der Waals surface area contributed by atoms with Gasteiger partial charge in [0.15, 0.2) is 0 Å². The summed E-state index contributed by atoms with van der Waals surface area (Å²) in [6.45, 7) is 1.94. The maximum atomic E-state index is 9.38. The molecule has 1 aromatic rings. The van der Waals surface area contributed by atoms with Gasteiger partial charge in [0.2, 0.25) is 0 Å². The van der Waals surface area contributed by atoms with Crippen LogP contribution in [0.1, 0.15) is 5.56 Å². The van der Waals surface area contributed by atoms with E-state index >= 15 is 0 Å². The van der Waals surface area contributed by atoms with E-state index in [9.17, 15) is 5.21 Å². The van der Waals surface area contributed by atoms with Crippen molar-refractivity contribution in [2.75, 3.05) is 9.21 Å². The van der Waals surface area contributed by atoms with Crippen LogP contribution < -0.4 is 14.7 Å². The fourth-order valence-electron chi connectivity index (χ4n) is 1.26. The van der Waals surface area contributed by atoms with E-state index in [1.807, 2.05) is 25.1 Å². The lowest BCUT2D eigenvalue weighted by Crippen LogP contribution is -2.36. The van der Waals surface area contributed by atoms with Crippen molar-refractivity contribution in [3.63, 3.8) is 0 Å². The molecular weight excluding hydrogens is 222 g/mol. The lowest BCUT2D eigenvalue weighted by atomic mass is 10.2. The van der Waals surface area contributed by atoms with Crippen molar-refractivity contribution < 1.29 is 5.21 Å². The summed E-state index contributed by atoms with van der Waals surface area (Å²) in [4.78, 5) is 0. The second-order valence-electron chi connectivity index (χ2n) is 2.64. The Hall–Kier alpha value is -0.780. The van der Waals surface area contributed by atoms with Gasteiger partial charge in [0.1, 0.15) is 5.69 Å². The van der Waals surface area contributed by atoms with Gasteiger partial charge in [0, 0.05) is 0 Å². The first kappa shape index (κ1) is 7.85. The Balaban J connectivity index is 2.59. The Bertz CT molecular complexity index is 318. The number of hydrogen-bond acceptors (Lipinski definition) is 4. The van der Waals surface area contributed by atoms with Gasteiger partial charge in [-0.3, -0.25) is 5.21 Å². The van der Waals surface area contributed by atoms with Crippen LogP contribution in [0.4, 0.5) is 11.4 Å². The number of benzene rings is 1. The van der Waals surface area contributed by atoms with Crippen molar-refractivity contribution in [3.05, 3.63) is 23.8 Å². The second kappa shape index (κ2) is 2.62. The third-order valence-corrected chi connectivity index (χ3v) is 2.36. The number of nitrogens with zero attached hydrogens (tertiary/aromatic N) is 2. The maximum absolute atomic E-state index is 9.38. The number of nitrogens with one attached hydrogen (secondary N) is 1. The largest absolute Gasteiger partial charge is 0.271 e. The first-order valence-corrected chi connectivity index (χ1v) is 4.22. The van der Waals surface area contributed by atoms with Crippen LogP contribution in [0.15, 0.2) is 18.2 Å². The molecule has 0 amide bonds. The third kappa shape index (κ3) is 0.979. The molecule has 1 aromatic carbocycles. The lowest BCUT2D eigenvalue weighted by Gasteiger charge is -2.10. The molecule has 1 heterocycles. The van der Waals surface area contributed by atoms with Crippen LogP contribution in [0.5, 0.6) is 0 Å². The van der Waals surface area contributed by atoms with Gasteiger partial charge in [0.05, 0.1) is 21.8 Å². The van der Waals surface area contributed by atoms with E-state index in [1.54, 1.807) is 4.03 Å². The Morgan fingerprint density at radius 3 is 2.92 bits per heavy atom. The molecule has 0 aromatic heterocycles. The molecule has 0 aliphatic carbocycles. The van der Waals surface area contributed by atoms with Crippen LogP contribution in [0, 0.1) is 6.92 Å². The zero-order chi connectivity index (χ0) is 8.72. The number of anilines is 2. The highest BCUT2D eigenvalue weighted by molar-refractivity contribution is 9.10. The molecule has 1 aliphatic rings. The fraction of sp³-hybridized carbons (Fsp3) is 0.143. The second-order valence-corrected chi connectivity index (χ2v) is 3.34. The molecule has 0 atom stereocenters. The predicted octanol–water partition coefficient (Wildman–Crippen LogP) is 1.74. The molecule has 2 rings (SSSR count). The Labute approximate surface area is 78.6 Å². The average Bonchev–Trinajstić information content (AvgIpc) is 2.29. The predicted molar refractivity (Wildman–Crippen MR) is 50.0 cm³/mol. The smallest absolute Gasteiger partial charge is 0.113 e. The number of rotatable bonds is 0. The van der Waals surface area contributed by atoms with Gasteiger partial charge < -0.3 is 0 Å². The molecule has 5 heteroatoms. The quantitative estimate of drug-likeness (QED) is 0.666. The summed E-state index contributed by atoms with van der Waals surface area (Å²) < 4.78 is 1.58. The molecule has 0 saturated carbocycles. The van der Waals surface area contributed by atoms with Crippen LogP contribution >= 0.6 is 16.1 Å². The van der Waals surface area contributed by atoms with Crippen molar-refractivity contribution in [1.82, 2.24) is 5.53 Å². The van der Waals surface area contributed by atoms with E-state index in [0.29, 0.717) is 0 Å². The molecule has 0 radical (unpaired) electrons. The molecule has 1 aliphatic heterocycles. The number of para-hydroxylation sites is 1. The van der Waals surface area contributed by atoms with Gasteiger partial charge in [-0.15, -0.1) is 5.53 Å². The highest BCUT2D eigenvalue weighted by atomic mass is 79.9. The topological polar surface area (TPSA) is 38.7 Å². The summed E-state index contributed by atoms with van der Waals surface area (Å²) in [5.74, 6) is 0. The monoisotopic (exact) mass is 229 g/mol. The van der Waals surface area contributed by atoms with Gasteiger partial charge in [-0.25, -0.2) is 4.03 Å². The van der Waals surface area contributed by atoms with E-state index in [4.69, 9.17) is 0 Å². The van der Waals surface area contributed by atoms with E-state index < -0.39 is 0 Å². The normalized spacial score (nSPS) is 15.2. The number of fused-ring (bicyclic) bond motifs is 1. The van der Waals surface area contributed by atoms with E-state index in [0.717, 1.165) is 22.1 Å². The molecule has 64 valence electrons. The van der Waals surface area contributed by atoms with Crippen molar-refractivity contribution in [2.45, 2.75) is 6.92 Å². The van der Waals surface area contributed by atoms with Crippen molar-refractivity contribution >= 4 is 27.5 Å². The third-order valence-electron chi connectivity index (χ3n) is 1.82. The summed E-state index contributed by atoms with van der Waals surface area (Å²) in [6, 6.07) is 5.78. The van der Waals surface area contributed by atoms with Crippen molar-refractivity contribution in [1.29, 1.82) is 0 Å². The molecular formula is C7H8BrN3O. The highest BCUT2D eigenvalue weighted by Gasteiger charge is 2.24. The van der Waals surface area contributed by atoms with E-state index in [-0.39, 0.29) is 0 Å². The summed E-state index contributed by atoms with van der Waals surface area (Å²) in [6.07, 6.45) is 0. The molecule has 0 saturated heterocycles. The molecule has 12 heavy (non-hydrogen) atoms. The SMILES string of the molecule is Cc1cccc2c1N(O)NN2Br. The zero-order valence-corrected chi connectivity index (χ0v) is 8.04. The fourth-order valence-corrected chi connectivity index (χ4v) is 1.70. The lowest BCUT2D eigenvalue weighted by molar-refractivity contribution is 0.225. The summed E-state index contributed by atoms with van der Waals surface area (Å²) in [5, 5.41) is 10.4. The zero-order valence-electron chi connectivity index (χ0n) is 6.45. The first-order valence-electron chi connectivity index (χ1n) is 3.51. The Kier molecular flexibility index (Phi) is 1.71. The molecule has 0 bridgehead atoms. The number of aryl methyl sites for hydroxylation is 1. The molecule has 4 nitrogen and oxygen atoms in total. The van der Waals surface area contributed by atoms with Gasteiger partial charge >= 0.3 is 0 Å². The molecule has 0 fully saturated rings. The highest BCUT2D eigenvalue weighted by Crippen LogP contribution is 2.36. The minimum absolute atomic E-state index is 0.773. The van der Waals surface area contributed by atoms with Gasteiger partial charge in [0.25, 0.3) is 0 Å². The number of halogens is 1. The van der Waals surface area contributed by atoms with E-state index in [1.165, 1.54) is 0 Å². The first-order chi connectivity index (χ1) is 5.70. The molecule has 0 unspecified atom stereocenters. The van der Waals surface area contributed by atoms with E-state index in [2.05, 4.69) is 21.7 Å². The van der Waals surface area contributed by atoms with Crippen molar-refractivity contribution in [2.24, 2.45) is 0 Å². The summed E-state index contributed by atoms with van der Waals surface area (Å²) in [7, 11) is 0. The standard InChI is InChI=1S/C7H8BrN3O/c1-5-3-2-4-6-7(5)11(12)9-10(6)8/h2-4,9,12H,1H3. The number of hydrazine groups is 2. The van der Waals surface area contributed by atoms with Crippen LogP contribution in [-0.4, -0.2) is 5.21 Å². The minimum atomic E-state index is 0.773. The van der Waals surface area contributed by atoms with Crippen LogP contribution in [0.3, 0.4) is 0 Å².